The monoisotopic (exact) mass is 236 g/mol. The maximum Gasteiger partial charge on any atom is 0.418 e. The molecule has 0 heterocycles. The van der Waals surface area contributed by atoms with Gasteiger partial charge in [-0.1, -0.05) is 30.3 Å². The fourth-order valence-corrected chi connectivity index (χ4v) is 1.19. The summed E-state index contributed by atoms with van der Waals surface area (Å²) in [5.74, 6) is 0. The summed E-state index contributed by atoms with van der Waals surface area (Å²) < 4.78 is 42.1. The lowest BCUT2D eigenvalue weighted by Crippen LogP contribution is -2.27. The highest BCUT2D eigenvalue weighted by Gasteiger charge is 2.41. The van der Waals surface area contributed by atoms with Crippen molar-refractivity contribution in [2.75, 3.05) is 6.61 Å². The normalized spacial score (nSPS) is 14.1. The predicted molar refractivity (Wildman–Crippen MR) is 49.4 cm³/mol. The maximum atomic E-state index is 12.6. The minimum absolute atomic E-state index is 0.0735. The first-order valence-corrected chi connectivity index (χ1v) is 4.50. The van der Waals surface area contributed by atoms with Gasteiger partial charge in [-0.15, -0.1) is 0 Å². The van der Waals surface area contributed by atoms with Gasteiger partial charge in [0.2, 0.25) is 0 Å². The summed E-state index contributed by atoms with van der Waals surface area (Å²) in [5, 5.41) is 17.0. The Morgan fingerprint density at radius 2 is 1.69 bits per heavy atom. The van der Waals surface area contributed by atoms with Crippen molar-refractivity contribution in [3.63, 3.8) is 0 Å². The number of aliphatic hydroxyl groups excluding tert-OH is 1. The molecule has 0 aliphatic carbocycles. The van der Waals surface area contributed by atoms with Crippen LogP contribution >= 0.6 is 0 Å². The Kier molecular flexibility index (Phi) is 4.28. The largest absolute Gasteiger partial charge is 0.418 e. The van der Waals surface area contributed by atoms with Crippen LogP contribution in [0.5, 0.6) is 0 Å². The average Bonchev–Trinajstić information content (AvgIpc) is 2.17. The van der Waals surface area contributed by atoms with Crippen LogP contribution in [0.4, 0.5) is 13.2 Å². The molecule has 0 aromatic heterocycles. The van der Waals surface area contributed by atoms with E-state index in [-0.39, 0.29) is 5.56 Å². The van der Waals surface area contributed by atoms with Crippen molar-refractivity contribution in [3.8, 4) is 0 Å². The molecular weight excluding hydrogens is 225 g/mol. The molecule has 0 saturated heterocycles. The average molecular weight is 236 g/mol. The minimum Gasteiger partial charge on any atom is -0.366 e. The first kappa shape index (κ1) is 13.0. The summed E-state index contributed by atoms with van der Waals surface area (Å²) in [7, 11) is 0. The van der Waals surface area contributed by atoms with Crippen molar-refractivity contribution in [1.29, 1.82) is 0 Å². The summed E-state index contributed by atoms with van der Waals surface area (Å²) in [6.45, 7) is -0.793. The molecule has 0 bridgehead atoms. The van der Waals surface area contributed by atoms with Crippen molar-refractivity contribution in [2.45, 2.75) is 18.6 Å². The molecule has 0 aliphatic heterocycles. The Morgan fingerprint density at radius 1 is 1.12 bits per heavy atom. The van der Waals surface area contributed by atoms with Crippen LogP contribution in [0.3, 0.4) is 0 Å². The van der Waals surface area contributed by atoms with Crippen LogP contribution in [0, 0.1) is 0 Å². The minimum atomic E-state index is -4.59. The number of hydrogen-bond acceptors (Lipinski definition) is 3. The lowest BCUT2D eigenvalue weighted by Gasteiger charge is -2.21. The van der Waals surface area contributed by atoms with Gasteiger partial charge in [0.1, 0.15) is 0 Å². The van der Waals surface area contributed by atoms with Crippen molar-refractivity contribution in [1.82, 2.24) is 0 Å². The number of aliphatic hydroxyl groups is 2. The molecule has 0 saturated carbocycles. The Balaban J connectivity index is 2.81. The van der Waals surface area contributed by atoms with Crippen LogP contribution < -0.4 is 0 Å². The van der Waals surface area contributed by atoms with Gasteiger partial charge < -0.3 is 14.9 Å². The molecule has 1 rings (SSSR count). The molecule has 0 fully saturated rings. The number of alkyl halides is 3. The zero-order valence-corrected chi connectivity index (χ0v) is 8.19. The molecule has 0 radical (unpaired) electrons. The van der Waals surface area contributed by atoms with Crippen LogP contribution in [0.1, 0.15) is 11.7 Å². The summed E-state index contributed by atoms with van der Waals surface area (Å²) >= 11 is 0. The molecule has 16 heavy (non-hydrogen) atoms. The van der Waals surface area contributed by atoms with Crippen LogP contribution in [-0.2, 0) is 4.74 Å². The van der Waals surface area contributed by atoms with E-state index in [0.29, 0.717) is 0 Å². The standard InChI is InChI=1S/C10H11F3O3/c11-10(12,13)9(16-6-8(14)15)7-4-2-1-3-5-7/h1-5,8-9,14-15H,6H2. The summed E-state index contributed by atoms with van der Waals surface area (Å²) in [5.41, 5.74) is -0.0735. The van der Waals surface area contributed by atoms with Crippen LogP contribution in [0.15, 0.2) is 30.3 Å². The van der Waals surface area contributed by atoms with Crippen molar-refractivity contribution in [3.05, 3.63) is 35.9 Å². The van der Waals surface area contributed by atoms with Gasteiger partial charge in [0.15, 0.2) is 12.4 Å². The first-order chi connectivity index (χ1) is 7.41. The van der Waals surface area contributed by atoms with E-state index in [1.165, 1.54) is 24.3 Å². The smallest absolute Gasteiger partial charge is 0.366 e. The van der Waals surface area contributed by atoms with Gasteiger partial charge in [-0.2, -0.15) is 13.2 Å². The number of benzene rings is 1. The van der Waals surface area contributed by atoms with E-state index >= 15 is 0 Å². The van der Waals surface area contributed by atoms with Crippen molar-refractivity contribution in [2.24, 2.45) is 0 Å². The van der Waals surface area contributed by atoms with E-state index < -0.39 is 25.2 Å². The Morgan fingerprint density at radius 3 is 2.12 bits per heavy atom. The molecule has 1 atom stereocenters. The number of rotatable bonds is 4. The molecule has 0 amide bonds. The van der Waals surface area contributed by atoms with Gasteiger partial charge >= 0.3 is 6.18 Å². The molecule has 0 aliphatic rings. The van der Waals surface area contributed by atoms with E-state index in [4.69, 9.17) is 10.2 Å². The molecular formula is C10H11F3O3. The maximum absolute atomic E-state index is 12.6. The number of hydrogen-bond donors (Lipinski definition) is 2. The molecule has 2 N–H and O–H groups in total. The highest BCUT2D eigenvalue weighted by Crippen LogP contribution is 2.35. The van der Waals surface area contributed by atoms with E-state index in [1.54, 1.807) is 6.07 Å². The molecule has 0 spiro atoms. The molecule has 6 heteroatoms. The highest BCUT2D eigenvalue weighted by molar-refractivity contribution is 5.18. The van der Waals surface area contributed by atoms with Crippen LogP contribution in [-0.4, -0.2) is 29.3 Å². The third kappa shape index (κ3) is 3.80. The second-order valence-corrected chi connectivity index (χ2v) is 3.15. The fourth-order valence-electron chi connectivity index (χ4n) is 1.19. The lowest BCUT2D eigenvalue weighted by atomic mass is 10.1. The third-order valence-electron chi connectivity index (χ3n) is 1.81. The summed E-state index contributed by atoms with van der Waals surface area (Å²) in [6.07, 6.45) is -8.65. The second-order valence-electron chi connectivity index (χ2n) is 3.15. The number of halogens is 3. The summed E-state index contributed by atoms with van der Waals surface area (Å²) in [6, 6.07) is 7.02. The van der Waals surface area contributed by atoms with Gasteiger partial charge in [0, 0.05) is 0 Å². The van der Waals surface area contributed by atoms with Crippen molar-refractivity contribution < 1.29 is 28.1 Å². The number of ether oxygens (including phenoxy) is 1. The van der Waals surface area contributed by atoms with E-state index in [2.05, 4.69) is 4.74 Å². The Bertz CT molecular complexity index is 311. The van der Waals surface area contributed by atoms with Crippen LogP contribution in [0.2, 0.25) is 0 Å². The summed E-state index contributed by atoms with van der Waals surface area (Å²) in [4.78, 5) is 0. The fraction of sp³-hybridized carbons (Fsp3) is 0.400. The molecule has 1 aromatic rings. The first-order valence-electron chi connectivity index (χ1n) is 4.50. The third-order valence-corrected chi connectivity index (χ3v) is 1.81. The second kappa shape index (κ2) is 5.29. The van der Waals surface area contributed by atoms with E-state index in [1.807, 2.05) is 0 Å². The Labute approximate surface area is 90.1 Å². The van der Waals surface area contributed by atoms with Gasteiger partial charge in [0.25, 0.3) is 0 Å². The van der Waals surface area contributed by atoms with Gasteiger partial charge in [-0.05, 0) is 5.56 Å². The van der Waals surface area contributed by atoms with Gasteiger partial charge in [-0.3, -0.25) is 0 Å². The van der Waals surface area contributed by atoms with Crippen molar-refractivity contribution >= 4 is 0 Å². The molecule has 1 aromatic carbocycles. The zero-order chi connectivity index (χ0) is 12.2. The highest BCUT2D eigenvalue weighted by atomic mass is 19.4. The molecule has 3 nitrogen and oxygen atoms in total. The molecule has 1 unspecified atom stereocenters. The van der Waals surface area contributed by atoms with Gasteiger partial charge in [0.05, 0.1) is 6.61 Å². The topological polar surface area (TPSA) is 49.7 Å². The van der Waals surface area contributed by atoms with E-state index in [0.717, 1.165) is 0 Å². The van der Waals surface area contributed by atoms with Crippen LogP contribution in [0.25, 0.3) is 0 Å². The molecule has 90 valence electrons. The quantitative estimate of drug-likeness (QED) is 0.781. The Hall–Kier alpha value is -1.11. The van der Waals surface area contributed by atoms with E-state index in [9.17, 15) is 13.2 Å². The predicted octanol–water partition coefficient (Wildman–Crippen LogP) is 1.62. The zero-order valence-electron chi connectivity index (χ0n) is 8.19. The lowest BCUT2D eigenvalue weighted by molar-refractivity contribution is -0.239. The SMILES string of the molecule is OC(O)COC(c1ccccc1)C(F)(F)F. The van der Waals surface area contributed by atoms with Gasteiger partial charge in [-0.25, -0.2) is 0 Å².